The lowest BCUT2D eigenvalue weighted by atomic mass is 10.0. The van der Waals surface area contributed by atoms with Crippen LogP contribution in [-0.4, -0.2) is 55.6 Å². The van der Waals surface area contributed by atoms with E-state index < -0.39 is 15.7 Å². The van der Waals surface area contributed by atoms with Crippen molar-refractivity contribution >= 4 is 27.4 Å². The number of amides is 1. The zero-order valence-corrected chi connectivity index (χ0v) is 23.3. The first kappa shape index (κ1) is 29.5. The Hall–Kier alpha value is -4.49. The molecular formula is C28H30FN5O6S. The summed E-state index contributed by atoms with van der Waals surface area (Å²) in [7, 11) is -1.82. The molecule has 0 aliphatic heterocycles. The number of benzene rings is 2. The Morgan fingerprint density at radius 3 is 2.56 bits per heavy atom. The monoisotopic (exact) mass is 583 g/mol. The maximum absolute atomic E-state index is 13.3. The molecule has 0 unspecified atom stereocenters. The van der Waals surface area contributed by atoms with E-state index in [-0.39, 0.29) is 41.1 Å². The molecule has 2 aromatic carbocycles. The number of aromatic nitrogens is 3. The highest BCUT2D eigenvalue weighted by Gasteiger charge is 2.22. The summed E-state index contributed by atoms with van der Waals surface area (Å²) in [5.74, 6) is -0.279. The molecule has 1 amide bonds. The lowest BCUT2D eigenvalue weighted by molar-refractivity contribution is 0.100. The summed E-state index contributed by atoms with van der Waals surface area (Å²) < 4.78 is 54.6. The number of carbonyl (C=O) groups excluding carboxylic acids is 1. The lowest BCUT2D eigenvalue weighted by Gasteiger charge is -2.14. The van der Waals surface area contributed by atoms with E-state index in [9.17, 15) is 17.6 Å². The van der Waals surface area contributed by atoms with Crippen LogP contribution in [0.25, 0.3) is 11.3 Å². The van der Waals surface area contributed by atoms with E-state index in [2.05, 4.69) is 20.5 Å². The van der Waals surface area contributed by atoms with E-state index in [1.165, 1.54) is 12.1 Å². The molecule has 41 heavy (non-hydrogen) atoms. The Kier molecular flexibility index (Phi) is 9.53. The van der Waals surface area contributed by atoms with Crippen LogP contribution in [0, 0.1) is 5.82 Å². The molecule has 11 nitrogen and oxygen atoms in total. The number of nitrogens with one attached hydrogen (secondary N) is 2. The number of primary amides is 1. The number of halogens is 1. The van der Waals surface area contributed by atoms with Gasteiger partial charge in [-0.3, -0.25) is 9.89 Å². The average molecular weight is 584 g/mol. The fraction of sp³-hybridized carbons (Fsp3) is 0.250. The van der Waals surface area contributed by atoms with Crippen molar-refractivity contribution in [3.8, 4) is 22.9 Å². The quantitative estimate of drug-likeness (QED) is 0.187. The first-order valence-electron chi connectivity index (χ1n) is 12.6. The van der Waals surface area contributed by atoms with Gasteiger partial charge < -0.3 is 25.3 Å². The molecule has 4 N–H and O–H groups in total. The number of rotatable bonds is 14. The van der Waals surface area contributed by atoms with Crippen LogP contribution in [0.5, 0.6) is 11.6 Å². The van der Waals surface area contributed by atoms with Crippen LogP contribution in [-0.2, 0) is 26.9 Å². The molecule has 0 aliphatic carbocycles. The van der Waals surface area contributed by atoms with Crippen LogP contribution in [0.3, 0.4) is 0 Å². The van der Waals surface area contributed by atoms with Crippen molar-refractivity contribution < 1.29 is 31.8 Å². The molecule has 2 heterocycles. The van der Waals surface area contributed by atoms with Crippen molar-refractivity contribution in [1.82, 2.24) is 15.2 Å². The molecule has 0 saturated heterocycles. The molecule has 0 radical (unpaired) electrons. The molecule has 216 valence electrons. The molecule has 4 rings (SSSR count). The van der Waals surface area contributed by atoms with E-state index in [0.29, 0.717) is 47.3 Å². The van der Waals surface area contributed by atoms with Crippen molar-refractivity contribution in [1.29, 1.82) is 0 Å². The van der Waals surface area contributed by atoms with Crippen LogP contribution >= 0.6 is 0 Å². The van der Waals surface area contributed by atoms with Gasteiger partial charge in [0.2, 0.25) is 5.88 Å². The molecule has 13 heteroatoms. The Morgan fingerprint density at radius 1 is 1.07 bits per heavy atom. The summed E-state index contributed by atoms with van der Waals surface area (Å²) in [6.07, 6.45) is 0. The third-order valence-corrected chi connectivity index (χ3v) is 7.63. The number of sulfone groups is 1. The van der Waals surface area contributed by atoms with Crippen molar-refractivity contribution in [2.45, 2.75) is 19.3 Å². The van der Waals surface area contributed by atoms with Crippen molar-refractivity contribution in [3.05, 3.63) is 83.2 Å². The number of nitrogens with two attached hydrogens (primary N) is 1. The third-order valence-electron chi connectivity index (χ3n) is 6.00. The van der Waals surface area contributed by atoms with E-state index in [0.717, 1.165) is 0 Å². The minimum atomic E-state index is -3.38. The van der Waals surface area contributed by atoms with E-state index in [1.807, 2.05) is 0 Å². The van der Waals surface area contributed by atoms with Gasteiger partial charge in [-0.1, -0.05) is 37.3 Å². The number of anilines is 2. The standard InChI is InChI=1S/C28H30FN5O6S/c1-3-41(36,37)17-20-10-9-19(15-22(20)40-16-18-7-11-21(29)12-8-18)26-25(27(30)35)28(34-33-26)32-23-5-4-6-24(31-23)39-14-13-38-2/h4-12,15H,3,13-14,16-17H2,1-2H3,(H2,30,35)(H2,31,32,33,34). The lowest BCUT2D eigenvalue weighted by Crippen LogP contribution is -2.14. The van der Waals surface area contributed by atoms with Gasteiger partial charge in [-0.25, -0.2) is 12.8 Å². The number of pyridine rings is 1. The average Bonchev–Trinajstić information content (AvgIpc) is 3.37. The van der Waals surface area contributed by atoms with Crippen LogP contribution in [0.2, 0.25) is 0 Å². The number of nitrogens with zero attached hydrogens (tertiary/aromatic N) is 2. The van der Waals surface area contributed by atoms with Crippen LogP contribution in [0.1, 0.15) is 28.4 Å². The normalized spacial score (nSPS) is 11.3. The topological polar surface area (TPSA) is 159 Å². The van der Waals surface area contributed by atoms with Crippen LogP contribution in [0.15, 0.2) is 60.7 Å². The number of aromatic amines is 1. The molecule has 0 bridgehead atoms. The number of hydrogen-bond donors (Lipinski definition) is 3. The van der Waals surface area contributed by atoms with Crippen molar-refractivity contribution in [2.75, 3.05) is 31.4 Å². The van der Waals surface area contributed by atoms with E-state index >= 15 is 0 Å². The molecule has 4 aromatic rings. The van der Waals surface area contributed by atoms with Crippen LogP contribution < -0.4 is 20.5 Å². The number of hydrogen-bond acceptors (Lipinski definition) is 9. The largest absolute Gasteiger partial charge is 0.489 e. The van der Waals surface area contributed by atoms with Crippen LogP contribution in [0.4, 0.5) is 16.0 Å². The predicted octanol–water partition coefficient (Wildman–Crippen LogP) is 3.99. The van der Waals surface area contributed by atoms with Gasteiger partial charge in [0, 0.05) is 30.1 Å². The second-order valence-corrected chi connectivity index (χ2v) is 11.3. The molecule has 2 aromatic heterocycles. The van der Waals surface area contributed by atoms with Gasteiger partial charge in [-0.15, -0.1) is 0 Å². The minimum absolute atomic E-state index is 0.0415. The molecular weight excluding hydrogens is 553 g/mol. The first-order valence-corrected chi connectivity index (χ1v) is 14.5. The summed E-state index contributed by atoms with van der Waals surface area (Å²) in [5.41, 5.74) is 7.71. The number of carbonyl (C=O) groups is 1. The van der Waals surface area contributed by atoms with Gasteiger partial charge in [0.1, 0.15) is 36.2 Å². The number of methoxy groups -OCH3 is 1. The highest BCUT2D eigenvalue weighted by Crippen LogP contribution is 2.33. The summed E-state index contributed by atoms with van der Waals surface area (Å²) in [5, 5.41) is 10.0. The summed E-state index contributed by atoms with van der Waals surface area (Å²) in [6.45, 7) is 2.34. The fourth-order valence-electron chi connectivity index (χ4n) is 3.84. The van der Waals surface area contributed by atoms with Gasteiger partial charge >= 0.3 is 0 Å². The highest BCUT2D eigenvalue weighted by molar-refractivity contribution is 7.90. The summed E-state index contributed by atoms with van der Waals surface area (Å²) >= 11 is 0. The SMILES string of the molecule is CCS(=O)(=O)Cc1ccc(-c2[nH]nc(Nc3cccc(OCCOC)n3)c2C(N)=O)cc1OCc1ccc(F)cc1. The number of H-pyrrole nitrogens is 1. The van der Waals surface area contributed by atoms with Gasteiger partial charge in [0.25, 0.3) is 5.91 Å². The summed E-state index contributed by atoms with van der Waals surface area (Å²) in [4.78, 5) is 16.9. The predicted molar refractivity (Wildman–Crippen MR) is 151 cm³/mol. The molecule has 0 aliphatic rings. The number of ether oxygens (including phenoxy) is 3. The molecule has 0 atom stereocenters. The Labute approximate surface area is 236 Å². The van der Waals surface area contributed by atoms with E-state index in [4.69, 9.17) is 19.9 Å². The Bertz CT molecular complexity index is 1610. The second-order valence-electron chi connectivity index (χ2n) is 8.93. The summed E-state index contributed by atoms with van der Waals surface area (Å²) in [6, 6.07) is 15.7. The smallest absolute Gasteiger partial charge is 0.254 e. The Balaban J connectivity index is 1.65. The fourth-order valence-corrected chi connectivity index (χ4v) is 4.76. The first-order chi connectivity index (χ1) is 19.7. The van der Waals surface area contributed by atoms with Gasteiger partial charge in [0.05, 0.1) is 18.1 Å². The highest BCUT2D eigenvalue weighted by atomic mass is 32.2. The maximum atomic E-state index is 13.3. The molecule has 0 fully saturated rings. The maximum Gasteiger partial charge on any atom is 0.254 e. The minimum Gasteiger partial charge on any atom is -0.489 e. The zero-order valence-electron chi connectivity index (χ0n) is 22.5. The third kappa shape index (κ3) is 7.80. The van der Waals surface area contributed by atoms with E-state index in [1.54, 1.807) is 62.6 Å². The Morgan fingerprint density at radius 2 is 1.85 bits per heavy atom. The van der Waals surface area contributed by atoms with Crippen molar-refractivity contribution in [2.24, 2.45) is 5.73 Å². The second kappa shape index (κ2) is 13.2. The van der Waals surface area contributed by atoms with Gasteiger partial charge in [-0.2, -0.15) is 10.1 Å². The molecule has 0 saturated carbocycles. The van der Waals surface area contributed by atoms with Gasteiger partial charge in [0.15, 0.2) is 15.7 Å². The van der Waals surface area contributed by atoms with Gasteiger partial charge in [-0.05, 0) is 29.8 Å². The molecule has 0 spiro atoms. The zero-order chi connectivity index (χ0) is 29.4. The van der Waals surface area contributed by atoms with Crippen molar-refractivity contribution in [3.63, 3.8) is 0 Å².